The van der Waals surface area contributed by atoms with Gasteiger partial charge in [-0.05, 0) is 29.2 Å². The molecule has 0 atom stereocenters. The lowest BCUT2D eigenvalue weighted by atomic mass is 10.0. The molecule has 2 N–H and O–H groups in total. The van der Waals surface area contributed by atoms with E-state index in [0.29, 0.717) is 12.5 Å². The van der Waals surface area contributed by atoms with Crippen molar-refractivity contribution in [2.45, 2.75) is 25.5 Å². The average Bonchev–Trinajstić information content (AvgIpc) is 2.56. The molecule has 0 saturated heterocycles. The van der Waals surface area contributed by atoms with Crippen LogP contribution in [0.3, 0.4) is 0 Å². The number of hydrogen-bond acceptors (Lipinski definition) is 2. The first kappa shape index (κ1) is 17.4. The molecule has 0 bridgehead atoms. The van der Waals surface area contributed by atoms with Crippen LogP contribution in [0.25, 0.3) is 0 Å². The van der Waals surface area contributed by atoms with Crippen LogP contribution in [-0.4, -0.2) is 18.3 Å². The van der Waals surface area contributed by atoms with Crippen molar-refractivity contribution in [2.24, 2.45) is 0 Å². The predicted octanol–water partition coefficient (Wildman–Crippen LogP) is 4.86. The van der Waals surface area contributed by atoms with Crippen LogP contribution in [0.2, 0.25) is 0 Å². The van der Waals surface area contributed by atoms with Gasteiger partial charge in [0, 0.05) is 23.7 Å². The Morgan fingerprint density at radius 1 is 1.04 bits per heavy atom. The van der Waals surface area contributed by atoms with Crippen molar-refractivity contribution >= 4 is 23.5 Å². The molecule has 2 aromatic rings. The number of amides is 2. The van der Waals surface area contributed by atoms with E-state index in [1.165, 1.54) is 11.1 Å². The van der Waals surface area contributed by atoms with E-state index in [2.05, 4.69) is 48.7 Å². The molecule has 0 aromatic heterocycles. The number of nitrogens with one attached hydrogen (secondary N) is 2. The van der Waals surface area contributed by atoms with Gasteiger partial charge in [-0.1, -0.05) is 56.3 Å². The van der Waals surface area contributed by atoms with Gasteiger partial charge >= 0.3 is 6.03 Å². The molecule has 2 amide bonds. The molecule has 2 rings (SSSR count). The fourth-order valence-electron chi connectivity index (χ4n) is 2.13. The SMILES string of the molecule is CC(C)c1ccc(NC(=O)NCCSCc2ccccc2)cc1. The van der Waals surface area contributed by atoms with Gasteiger partial charge in [0.2, 0.25) is 0 Å². The Labute approximate surface area is 142 Å². The number of hydrogen-bond donors (Lipinski definition) is 2. The van der Waals surface area contributed by atoms with Crippen molar-refractivity contribution in [1.29, 1.82) is 0 Å². The van der Waals surface area contributed by atoms with E-state index in [1.807, 2.05) is 42.1 Å². The highest BCUT2D eigenvalue weighted by Crippen LogP contribution is 2.17. The molecule has 0 saturated carbocycles. The molecule has 0 spiro atoms. The Balaban J connectivity index is 1.63. The van der Waals surface area contributed by atoms with Crippen LogP contribution in [-0.2, 0) is 5.75 Å². The summed E-state index contributed by atoms with van der Waals surface area (Å²) in [7, 11) is 0. The Morgan fingerprint density at radius 2 is 1.74 bits per heavy atom. The summed E-state index contributed by atoms with van der Waals surface area (Å²) < 4.78 is 0. The summed E-state index contributed by atoms with van der Waals surface area (Å²) in [4.78, 5) is 11.8. The summed E-state index contributed by atoms with van der Waals surface area (Å²) in [5.74, 6) is 2.37. The summed E-state index contributed by atoms with van der Waals surface area (Å²) >= 11 is 1.82. The minimum Gasteiger partial charge on any atom is -0.337 e. The number of rotatable bonds is 7. The average molecular weight is 328 g/mol. The third kappa shape index (κ3) is 6.37. The largest absolute Gasteiger partial charge is 0.337 e. The Morgan fingerprint density at radius 3 is 2.39 bits per heavy atom. The third-order valence-electron chi connectivity index (χ3n) is 3.48. The second-order valence-corrected chi connectivity index (χ2v) is 6.80. The van der Waals surface area contributed by atoms with Gasteiger partial charge < -0.3 is 10.6 Å². The van der Waals surface area contributed by atoms with Crippen LogP contribution < -0.4 is 10.6 Å². The van der Waals surface area contributed by atoms with E-state index in [1.54, 1.807) is 0 Å². The minimum absolute atomic E-state index is 0.150. The van der Waals surface area contributed by atoms with Gasteiger partial charge in [-0.2, -0.15) is 11.8 Å². The molecule has 122 valence electrons. The molecule has 0 aliphatic carbocycles. The predicted molar refractivity (Wildman–Crippen MR) is 100 cm³/mol. The number of urea groups is 1. The highest BCUT2D eigenvalue weighted by atomic mass is 32.2. The maximum absolute atomic E-state index is 11.8. The van der Waals surface area contributed by atoms with Gasteiger partial charge in [0.1, 0.15) is 0 Å². The van der Waals surface area contributed by atoms with Gasteiger partial charge in [0.15, 0.2) is 0 Å². The van der Waals surface area contributed by atoms with Crippen molar-refractivity contribution in [3.63, 3.8) is 0 Å². The number of carbonyl (C=O) groups is 1. The lowest BCUT2D eigenvalue weighted by molar-refractivity contribution is 0.252. The highest BCUT2D eigenvalue weighted by molar-refractivity contribution is 7.98. The van der Waals surface area contributed by atoms with Crippen LogP contribution in [0.15, 0.2) is 54.6 Å². The number of benzene rings is 2. The van der Waals surface area contributed by atoms with Crippen molar-refractivity contribution in [3.05, 3.63) is 65.7 Å². The molecule has 2 aromatic carbocycles. The van der Waals surface area contributed by atoms with E-state index >= 15 is 0 Å². The molecular formula is C19H24N2OS. The molecule has 0 radical (unpaired) electrons. The molecule has 0 heterocycles. The quantitative estimate of drug-likeness (QED) is 0.712. The van der Waals surface area contributed by atoms with Crippen LogP contribution in [0, 0.1) is 0 Å². The molecule has 0 aliphatic heterocycles. The van der Waals surface area contributed by atoms with Crippen molar-refractivity contribution in [1.82, 2.24) is 5.32 Å². The first-order valence-corrected chi connectivity index (χ1v) is 9.07. The van der Waals surface area contributed by atoms with Gasteiger partial charge in [-0.15, -0.1) is 0 Å². The van der Waals surface area contributed by atoms with Crippen molar-refractivity contribution in [3.8, 4) is 0 Å². The zero-order valence-electron chi connectivity index (χ0n) is 13.7. The second-order valence-electron chi connectivity index (χ2n) is 5.70. The van der Waals surface area contributed by atoms with Crippen LogP contribution in [0.5, 0.6) is 0 Å². The normalized spacial score (nSPS) is 10.6. The highest BCUT2D eigenvalue weighted by Gasteiger charge is 2.02. The van der Waals surface area contributed by atoms with Gasteiger partial charge in [-0.25, -0.2) is 4.79 Å². The van der Waals surface area contributed by atoms with Gasteiger partial charge in [0.05, 0.1) is 0 Å². The smallest absolute Gasteiger partial charge is 0.319 e. The first-order valence-electron chi connectivity index (χ1n) is 7.91. The van der Waals surface area contributed by atoms with E-state index in [9.17, 15) is 4.79 Å². The number of thioether (sulfide) groups is 1. The molecule has 23 heavy (non-hydrogen) atoms. The fourth-order valence-corrected chi connectivity index (χ4v) is 2.95. The standard InChI is InChI=1S/C19H24N2OS/c1-15(2)17-8-10-18(11-9-17)21-19(22)20-12-13-23-14-16-6-4-3-5-7-16/h3-11,15H,12-14H2,1-2H3,(H2,20,21,22). The molecule has 0 unspecified atom stereocenters. The zero-order valence-corrected chi connectivity index (χ0v) is 14.5. The summed E-state index contributed by atoms with van der Waals surface area (Å²) in [5.41, 5.74) is 3.41. The zero-order chi connectivity index (χ0) is 16.5. The van der Waals surface area contributed by atoms with E-state index in [0.717, 1.165) is 17.2 Å². The summed E-state index contributed by atoms with van der Waals surface area (Å²) in [6.45, 7) is 4.97. The second kappa shape index (κ2) is 9.26. The number of anilines is 1. The fraction of sp³-hybridized carbons (Fsp3) is 0.316. The Bertz CT molecular complexity index is 597. The van der Waals surface area contributed by atoms with E-state index in [-0.39, 0.29) is 6.03 Å². The monoisotopic (exact) mass is 328 g/mol. The minimum atomic E-state index is -0.150. The van der Waals surface area contributed by atoms with Crippen LogP contribution >= 0.6 is 11.8 Å². The summed E-state index contributed by atoms with van der Waals surface area (Å²) in [6, 6.07) is 18.2. The lowest BCUT2D eigenvalue weighted by Crippen LogP contribution is -2.30. The van der Waals surface area contributed by atoms with E-state index < -0.39 is 0 Å². The topological polar surface area (TPSA) is 41.1 Å². The van der Waals surface area contributed by atoms with Gasteiger partial charge in [-0.3, -0.25) is 0 Å². The molecule has 4 heteroatoms. The van der Waals surface area contributed by atoms with Crippen LogP contribution in [0.4, 0.5) is 10.5 Å². The molecular weight excluding hydrogens is 304 g/mol. The Kier molecular flexibility index (Phi) is 7.01. The summed E-state index contributed by atoms with van der Waals surface area (Å²) in [5, 5.41) is 5.74. The lowest BCUT2D eigenvalue weighted by Gasteiger charge is -2.09. The molecule has 3 nitrogen and oxygen atoms in total. The maximum atomic E-state index is 11.8. The molecule has 0 aliphatic rings. The Hall–Kier alpha value is -1.94. The van der Waals surface area contributed by atoms with Gasteiger partial charge in [0.25, 0.3) is 0 Å². The molecule has 0 fully saturated rings. The van der Waals surface area contributed by atoms with Crippen LogP contribution in [0.1, 0.15) is 30.9 Å². The first-order chi connectivity index (χ1) is 11.1. The summed E-state index contributed by atoms with van der Waals surface area (Å²) in [6.07, 6.45) is 0. The number of carbonyl (C=O) groups excluding carboxylic acids is 1. The third-order valence-corrected chi connectivity index (χ3v) is 4.51. The van der Waals surface area contributed by atoms with Crippen molar-refractivity contribution in [2.75, 3.05) is 17.6 Å². The maximum Gasteiger partial charge on any atom is 0.319 e. The van der Waals surface area contributed by atoms with E-state index in [4.69, 9.17) is 0 Å². The van der Waals surface area contributed by atoms with Crippen molar-refractivity contribution < 1.29 is 4.79 Å².